The molecule has 0 bridgehead atoms. The maximum atomic E-state index is 11.4. The zero-order valence-electron chi connectivity index (χ0n) is 16.3. The Balaban J connectivity index is 2.98. The largest absolute Gasteiger partial charge is 0.466 e. The van der Waals surface area contributed by atoms with Gasteiger partial charge in [0, 0.05) is 12.0 Å². The van der Waals surface area contributed by atoms with Crippen molar-refractivity contribution in [2.45, 2.75) is 77.7 Å². The van der Waals surface area contributed by atoms with Gasteiger partial charge in [0.25, 0.3) is 0 Å². The number of rotatable bonds is 9. The van der Waals surface area contributed by atoms with Crippen LogP contribution < -0.4 is 0 Å². The number of carbonyl (C=O) groups is 1. The molecule has 1 aliphatic rings. The topological polar surface area (TPSA) is 54.0 Å². The second kappa shape index (κ2) is 9.13. The van der Waals surface area contributed by atoms with Gasteiger partial charge in [0.15, 0.2) is 14.1 Å². The van der Waals surface area contributed by atoms with E-state index in [4.69, 9.17) is 13.9 Å². The van der Waals surface area contributed by atoms with Gasteiger partial charge in [0.2, 0.25) is 0 Å². The predicted molar refractivity (Wildman–Crippen MR) is 97.3 cm³/mol. The van der Waals surface area contributed by atoms with Crippen LogP contribution >= 0.6 is 0 Å². The molecule has 0 aliphatic carbocycles. The zero-order valence-corrected chi connectivity index (χ0v) is 17.3. The van der Waals surface area contributed by atoms with E-state index in [0.717, 1.165) is 18.1 Å². The number of ether oxygens (including phenoxy) is 3. The Hall–Kier alpha value is -0.693. The van der Waals surface area contributed by atoms with E-state index in [1.165, 1.54) is 13.2 Å². The Labute approximate surface area is 147 Å². The SMILES string of the molecule is CC[Si](CC)(CC)O[C@@H]([C@@H]1COC(C)(C)O1)[C@@H](C)/C=C/C(=O)OC. The van der Waals surface area contributed by atoms with Crippen molar-refractivity contribution < 1.29 is 23.4 Å². The Morgan fingerprint density at radius 1 is 1.29 bits per heavy atom. The highest BCUT2D eigenvalue weighted by molar-refractivity contribution is 6.73. The molecular weight excluding hydrogens is 324 g/mol. The average Bonchev–Trinajstić information content (AvgIpc) is 2.93. The van der Waals surface area contributed by atoms with Crippen molar-refractivity contribution in [2.75, 3.05) is 13.7 Å². The first kappa shape index (κ1) is 21.3. The van der Waals surface area contributed by atoms with E-state index in [1.807, 2.05) is 19.9 Å². The monoisotopic (exact) mass is 358 g/mol. The minimum atomic E-state index is -1.81. The zero-order chi connectivity index (χ0) is 18.4. The molecule has 0 N–H and O–H groups in total. The molecule has 1 heterocycles. The van der Waals surface area contributed by atoms with Gasteiger partial charge in [0.1, 0.15) is 6.10 Å². The summed E-state index contributed by atoms with van der Waals surface area (Å²) in [5, 5.41) is 0. The van der Waals surface area contributed by atoms with E-state index in [2.05, 4.69) is 32.4 Å². The van der Waals surface area contributed by atoms with Crippen molar-refractivity contribution in [1.29, 1.82) is 0 Å². The number of esters is 1. The molecule has 0 aromatic carbocycles. The van der Waals surface area contributed by atoms with Crippen LogP contribution in [0.15, 0.2) is 12.2 Å². The molecular formula is C18H34O5Si. The molecule has 140 valence electrons. The summed E-state index contributed by atoms with van der Waals surface area (Å²) >= 11 is 0. The average molecular weight is 359 g/mol. The Morgan fingerprint density at radius 3 is 2.29 bits per heavy atom. The molecule has 0 spiro atoms. The lowest BCUT2D eigenvalue weighted by molar-refractivity contribution is -0.152. The number of methoxy groups -OCH3 is 1. The summed E-state index contributed by atoms with van der Waals surface area (Å²) in [5.41, 5.74) is 0. The molecule has 1 fully saturated rings. The fourth-order valence-corrected chi connectivity index (χ4v) is 6.04. The fraction of sp³-hybridized carbons (Fsp3) is 0.833. The molecule has 1 aliphatic heterocycles. The van der Waals surface area contributed by atoms with Gasteiger partial charge in [-0.05, 0) is 32.0 Å². The fourth-order valence-electron chi connectivity index (χ4n) is 3.10. The molecule has 24 heavy (non-hydrogen) atoms. The van der Waals surface area contributed by atoms with Crippen molar-refractivity contribution >= 4 is 14.3 Å². The lowest BCUT2D eigenvalue weighted by Gasteiger charge is -2.37. The predicted octanol–water partition coefficient (Wildman–Crippen LogP) is 3.89. The van der Waals surface area contributed by atoms with Crippen LogP contribution in [0.1, 0.15) is 41.5 Å². The Morgan fingerprint density at radius 2 is 1.88 bits per heavy atom. The first-order valence-electron chi connectivity index (χ1n) is 8.98. The highest BCUT2D eigenvalue weighted by atomic mass is 28.4. The molecule has 6 heteroatoms. The third-order valence-corrected chi connectivity index (χ3v) is 9.61. The van der Waals surface area contributed by atoms with Crippen LogP contribution in [0.2, 0.25) is 18.1 Å². The molecule has 0 aromatic rings. The summed E-state index contributed by atoms with van der Waals surface area (Å²) in [7, 11) is -0.427. The second-order valence-corrected chi connectivity index (χ2v) is 11.7. The molecule has 0 aromatic heterocycles. The smallest absolute Gasteiger partial charge is 0.330 e. The van der Waals surface area contributed by atoms with Crippen molar-refractivity contribution in [3.8, 4) is 0 Å². The van der Waals surface area contributed by atoms with E-state index in [1.54, 1.807) is 0 Å². The van der Waals surface area contributed by atoms with Crippen LogP contribution in [0.5, 0.6) is 0 Å². The molecule has 1 saturated heterocycles. The van der Waals surface area contributed by atoms with Crippen LogP contribution in [0.3, 0.4) is 0 Å². The van der Waals surface area contributed by atoms with Crippen molar-refractivity contribution in [2.24, 2.45) is 5.92 Å². The summed E-state index contributed by atoms with van der Waals surface area (Å²) in [4.78, 5) is 11.4. The first-order chi connectivity index (χ1) is 11.2. The van der Waals surface area contributed by atoms with Gasteiger partial charge >= 0.3 is 5.97 Å². The summed E-state index contributed by atoms with van der Waals surface area (Å²) in [6.45, 7) is 13.0. The first-order valence-corrected chi connectivity index (χ1v) is 11.5. The van der Waals surface area contributed by atoms with Crippen molar-refractivity contribution in [1.82, 2.24) is 0 Å². The normalized spacial score (nSPS) is 23.4. The minimum absolute atomic E-state index is 0.0307. The summed E-state index contributed by atoms with van der Waals surface area (Å²) in [6.07, 6.45) is 3.06. The molecule has 0 unspecified atom stereocenters. The van der Waals surface area contributed by atoms with Crippen molar-refractivity contribution in [3.63, 3.8) is 0 Å². The number of hydrogen-bond donors (Lipinski definition) is 0. The van der Waals surface area contributed by atoms with E-state index in [0.29, 0.717) is 6.61 Å². The second-order valence-electron chi connectivity index (χ2n) is 6.93. The number of hydrogen-bond acceptors (Lipinski definition) is 5. The quantitative estimate of drug-likeness (QED) is 0.355. The van der Waals surface area contributed by atoms with E-state index < -0.39 is 14.1 Å². The standard InChI is InChI=1S/C18H34O5Si/c1-8-24(9-2,10-3)23-17(14(4)11-12-16(19)20-7)15-13-21-18(5,6)22-15/h11-12,14-15,17H,8-10,13H2,1-7H3/b12-11+/t14-,15-,17+/m0/s1. The Kier molecular flexibility index (Phi) is 8.12. The molecule has 0 radical (unpaired) electrons. The van der Waals surface area contributed by atoms with Crippen LogP contribution in [0.25, 0.3) is 0 Å². The van der Waals surface area contributed by atoms with Crippen LogP contribution in [-0.4, -0.2) is 46.0 Å². The molecule has 3 atom stereocenters. The third-order valence-electron chi connectivity index (χ3n) is 4.97. The van der Waals surface area contributed by atoms with Crippen LogP contribution in [-0.2, 0) is 23.4 Å². The van der Waals surface area contributed by atoms with Gasteiger partial charge in [-0.25, -0.2) is 4.79 Å². The van der Waals surface area contributed by atoms with Crippen molar-refractivity contribution in [3.05, 3.63) is 12.2 Å². The maximum absolute atomic E-state index is 11.4. The van der Waals surface area contributed by atoms with E-state index in [-0.39, 0.29) is 24.1 Å². The summed E-state index contributed by atoms with van der Waals surface area (Å²) < 4.78 is 23.2. The van der Waals surface area contributed by atoms with Gasteiger partial charge in [-0.2, -0.15) is 0 Å². The van der Waals surface area contributed by atoms with Crippen LogP contribution in [0, 0.1) is 5.92 Å². The Bertz CT molecular complexity index is 423. The maximum Gasteiger partial charge on any atom is 0.330 e. The highest BCUT2D eigenvalue weighted by Crippen LogP contribution is 2.33. The molecule has 0 saturated carbocycles. The van der Waals surface area contributed by atoms with E-state index in [9.17, 15) is 4.79 Å². The van der Waals surface area contributed by atoms with E-state index >= 15 is 0 Å². The van der Waals surface area contributed by atoms with Gasteiger partial charge in [-0.1, -0.05) is 33.8 Å². The van der Waals surface area contributed by atoms with Crippen LogP contribution in [0.4, 0.5) is 0 Å². The summed E-state index contributed by atoms with van der Waals surface area (Å²) in [5.74, 6) is -0.912. The molecule has 0 amide bonds. The highest BCUT2D eigenvalue weighted by Gasteiger charge is 2.43. The molecule has 1 rings (SSSR count). The van der Waals surface area contributed by atoms with Gasteiger partial charge in [0.05, 0.1) is 19.8 Å². The molecule has 5 nitrogen and oxygen atoms in total. The lowest BCUT2D eigenvalue weighted by atomic mass is 9.99. The van der Waals surface area contributed by atoms with Gasteiger partial charge < -0.3 is 18.6 Å². The summed E-state index contributed by atoms with van der Waals surface area (Å²) in [6, 6.07) is 3.21. The minimum Gasteiger partial charge on any atom is -0.466 e. The van der Waals surface area contributed by atoms with Gasteiger partial charge in [-0.3, -0.25) is 0 Å². The number of carbonyl (C=O) groups excluding carboxylic acids is 1. The van der Waals surface area contributed by atoms with Gasteiger partial charge in [-0.15, -0.1) is 0 Å². The lowest BCUT2D eigenvalue weighted by Crippen LogP contribution is -2.47. The third kappa shape index (κ3) is 5.69.